The Hall–Kier alpha value is -3.78. The molecule has 0 saturated heterocycles. The number of nitrogens with zero attached hydrogens (tertiary/aromatic N) is 2. The van der Waals surface area contributed by atoms with Gasteiger partial charge in [-0.05, 0) is 44.5 Å². The molecule has 2 aliphatic rings. The standard InChI is InChI=1S/C27H25FN2O5/c1-4-12-29-20-9-6-5-8-19(20)27(26(29)33)22-23(31)18-15-17(28)10-11-21(18)35-24(22)25(32)30(27)13-7-14-34-16(2)3/h4-6,8-11,15-16H,1,7,12-14H2,2-3H3/t27-/m1/s1. The summed E-state index contributed by atoms with van der Waals surface area (Å²) in [6.45, 7) is 8.30. The van der Waals surface area contributed by atoms with E-state index in [1.54, 1.807) is 30.3 Å². The van der Waals surface area contributed by atoms with Crippen molar-refractivity contribution < 1.29 is 23.1 Å². The van der Waals surface area contributed by atoms with E-state index < -0.39 is 28.6 Å². The molecular formula is C27H25FN2O5. The summed E-state index contributed by atoms with van der Waals surface area (Å²) in [7, 11) is 0. The van der Waals surface area contributed by atoms with Gasteiger partial charge >= 0.3 is 0 Å². The van der Waals surface area contributed by atoms with Crippen LogP contribution in [0.4, 0.5) is 10.1 Å². The second kappa shape index (κ2) is 8.46. The Bertz CT molecular complexity index is 1430. The van der Waals surface area contributed by atoms with Crippen LogP contribution in [0.2, 0.25) is 0 Å². The summed E-state index contributed by atoms with van der Waals surface area (Å²) in [5, 5.41) is -0.0200. The van der Waals surface area contributed by atoms with Crippen molar-refractivity contribution in [2.75, 3.05) is 24.6 Å². The van der Waals surface area contributed by atoms with Crippen molar-refractivity contribution in [2.24, 2.45) is 0 Å². The highest BCUT2D eigenvalue weighted by molar-refractivity contribution is 6.17. The number of fused-ring (bicyclic) bond motifs is 5. The van der Waals surface area contributed by atoms with E-state index in [1.165, 1.54) is 15.9 Å². The molecule has 3 aromatic rings. The van der Waals surface area contributed by atoms with Crippen molar-refractivity contribution in [3.63, 3.8) is 0 Å². The predicted octanol–water partition coefficient (Wildman–Crippen LogP) is 3.98. The molecule has 0 bridgehead atoms. The number of ether oxygens (including phenoxy) is 1. The highest BCUT2D eigenvalue weighted by Gasteiger charge is 2.64. The molecule has 180 valence electrons. The molecule has 2 aliphatic heterocycles. The summed E-state index contributed by atoms with van der Waals surface area (Å²) < 4.78 is 25.6. The van der Waals surface area contributed by atoms with Crippen LogP contribution in [0.3, 0.4) is 0 Å². The molecule has 0 N–H and O–H groups in total. The summed E-state index contributed by atoms with van der Waals surface area (Å²) in [5.74, 6) is -1.81. The topological polar surface area (TPSA) is 80.1 Å². The summed E-state index contributed by atoms with van der Waals surface area (Å²) in [5.41, 5.74) is -1.21. The number of carbonyl (C=O) groups excluding carboxylic acids is 2. The third kappa shape index (κ3) is 3.24. The second-order valence-corrected chi connectivity index (χ2v) is 8.94. The van der Waals surface area contributed by atoms with Crippen molar-refractivity contribution >= 4 is 28.5 Å². The third-order valence-electron chi connectivity index (χ3n) is 6.49. The Labute approximate surface area is 201 Å². The molecule has 1 atom stereocenters. The van der Waals surface area contributed by atoms with Crippen molar-refractivity contribution in [1.29, 1.82) is 0 Å². The molecule has 0 unspecified atom stereocenters. The Morgan fingerprint density at radius 1 is 1.17 bits per heavy atom. The van der Waals surface area contributed by atoms with E-state index in [1.807, 2.05) is 13.8 Å². The van der Waals surface area contributed by atoms with Crippen molar-refractivity contribution in [2.45, 2.75) is 31.9 Å². The molecule has 7 nitrogen and oxygen atoms in total. The van der Waals surface area contributed by atoms with Crippen LogP contribution in [-0.2, 0) is 15.1 Å². The number of hydrogen-bond donors (Lipinski definition) is 0. The average molecular weight is 477 g/mol. The van der Waals surface area contributed by atoms with Gasteiger partial charge in [0.1, 0.15) is 11.4 Å². The van der Waals surface area contributed by atoms with E-state index >= 15 is 0 Å². The van der Waals surface area contributed by atoms with Gasteiger partial charge in [-0.25, -0.2) is 4.39 Å². The maximum Gasteiger partial charge on any atom is 0.291 e. The molecule has 1 aromatic heterocycles. The molecule has 1 spiro atoms. The zero-order valence-corrected chi connectivity index (χ0v) is 19.5. The Morgan fingerprint density at radius 2 is 1.94 bits per heavy atom. The molecule has 2 aromatic carbocycles. The maximum atomic E-state index is 14.2. The summed E-state index contributed by atoms with van der Waals surface area (Å²) >= 11 is 0. The first-order valence-electron chi connectivity index (χ1n) is 11.5. The number of amides is 2. The van der Waals surface area contributed by atoms with E-state index in [-0.39, 0.29) is 41.5 Å². The predicted molar refractivity (Wildman–Crippen MR) is 129 cm³/mol. The molecule has 0 fully saturated rings. The Balaban J connectivity index is 1.78. The lowest BCUT2D eigenvalue weighted by molar-refractivity contribution is -0.126. The fourth-order valence-corrected chi connectivity index (χ4v) is 5.12. The number of halogens is 1. The van der Waals surface area contributed by atoms with Crippen LogP contribution < -0.4 is 10.3 Å². The van der Waals surface area contributed by atoms with E-state index in [9.17, 15) is 18.8 Å². The van der Waals surface area contributed by atoms with Gasteiger partial charge in [-0.2, -0.15) is 0 Å². The van der Waals surface area contributed by atoms with E-state index in [0.29, 0.717) is 24.3 Å². The average Bonchev–Trinajstić information content (AvgIpc) is 3.22. The molecule has 8 heteroatoms. The molecule has 3 heterocycles. The first-order chi connectivity index (χ1) is 16.8. The minimum atomic E-state index is -1.72. The zero-order valence-electron chi connectivity index (χ0n) is 19.5. The second-order valence-electron chi connectivity index (χ2n) is 8.94. The molecule has 35 heavy (non-hydrogen) atoms. The van der Waals surface area contributed by atoms with Crippen molar-refractivity contribution in [1.82, 2.24) is 4.90 Å². The Morgan fingerprint density at radius 3 is 2.69 bits per heavy atom. The van der Waals surface area contributed by atoms with Crippen LogP contribution in [0.25, 0.3) is 11.0 Å². The van der Waals surface area contributed by atoms with Crippen molar-refractivity contribution in [3.05, 3.63) is 88.0 Å². The summed E-state index contributed by atoms with van der Waals surface area (Å²) in [6.07, 6.45) is 2.04. The van der Waals surface area contributed by atoms with Crippen LogP contribution in [0, 0.1) is 5.82 Å². The van der Waals surface area contributed by atoms with Gasteiger partial charge in [0.15, 0.2) is 11.0 Å². The largest absolute Gasteiger partial charge is 0.450 e. The minimum absolute atomic E-state index is 0.01000. The number of benzene rings is 2. The monoisotopic (exact) mass is 476 g/mol. The fraction of sp³-hybridized carbons (Fsp3) is 0.296. The van der Waals surface area contributed by atoms with E-state index in [4.69, 9.17) is 9.15 Å². The van der Waals surface area contributed by atoms with Crippen molar-refractivity contribution in [3.8, 4) is 0 Å². The van der Waals surface area contributed by atoms with Gasteiger partial charge in [0.2, 0.25) is 5.76 Å². The van der Waals surface area contributed by atoms with Gasteiger partial charge < -0.3 is 19.0 Å². The van der Waals surface area contributed by atoms with Crippen LogP contribution in [-0.4, -0.2) is 42.5 Å². The SMILES string of the molecule is C=CCN1C(=O)[C@@]2(c3ccccc31)c1c(oc3ccc(F)cc3c1=O)C(=O)N2CCCOC(C)C. The normalized spacial score (nSPS) is 18.7. The van der Waals surface area contributed by atoms with Crippen LogP contribution in [0.15, 0.2) is 64.3 Å². The molecule has 0 radical (unpaired) electrons. The molecule has 0 saturated carbocycles. The van der Waals surface area contributed by atoms with Gasteiger partial charge in [0, 0.05) is 25.3 Å². The summed E-state index contributed by atoms with van der Waals surface area (Å²) in [4.78, 5) is 44.7. The first kappa shape index (κ1) is 23.0. The molecule has 2 amide bonds. The van der Waals surface area contributed by atoms with Gasteiger partial charge in [-0.3, -0.25) is 14.4 Å². The molecule has 0 aliphatic carbocycles. The number of carbonyl (C=O) groups is 2. The smallest absolute Gasteiger partial charge is 0.291 e. The highest BCUT2D eigenvalue weighted by atomic mass is 19.1. The lowest BCUT2D eigenvalue weighted by Gasteiger charge is -2.34. The lowest BCUT2D eigenvalue weighted by atomic mass is 9.84. The van der Waals surface area contributed by atoms with Gasteiger partial charge in [-0.1, -0.05) is 24.3 Å². The van der Waals surface area contributed by atoms with Gasteiger partial charge in [0.05, 0.1) is 22.7 Å². The number of rotatable bonds is 7. The fourth-order valence-electron chi connectivity index (χ4n) is 5.12. The number of anilines is 1. The highest BCUT2D eigenvalue weighted by Crippen LogP contribution is 2.52. The minimum Gasteiger partial charge on any atom is -0.450 e. The quantitative estimate of drug-likeness (QED) is 0.381. The maximum absolute atomic E-state index is 14.2. The number of hydrogen-bond acceptors (Lipinski definition) is 5. The number of para-hydroxylation sites is 1. The zero-order chi connectivity index (χ0) is 24.9. The third-order valence-corrected chi connectivity index (χ3v) is 6.49. The van der Waals surface area contributed by atoms with Crippen LogP contribution >= 0.6 is 0 Å². The first-order valence-corrected chi connectivity index (χ1v) is 11.5. The van der Waals surface area contributed by atoms with Crippen LogP contribution in [0.1, 0.15) is 41.9 Å². The van der Waals surface area contributed by atoms with E-state index in [0.717, 1.165) is 12.1 Å². The Kier molecular flexibility index (Phi) is 5.56. The lowest BCUT2D eigenvalue weighted by Crippen LogP contribution is -2.53. The summed E-state index contributed by atoms with van der Waals surface area (Å²) in [6, 6.07) is 10.6. The van der Waals surface area contributed by atoms with Gasteiger partial charge in [-0.15, -0.1) is 6.58 Å². The van der Waals surface area contributed by atoms with Crippen LogP contribution in [0.5, 0.6) is 0 Å². The molecular weight excluding hydrogens is 451 g/mol. The van der Waals surface area contributed by atoms with Gasteiger partial charge in [0.25, 0.3) is 11.8 Å². The van der Waals surface area contributed by atoms with E-state index in [2.05, 4.69) is 6.58 Å². The molecule has 5 rings (SSSR count).